The molecule has 3 heterocycles. The van der Waals surface area contributed by atoms with Crippen molar-refractivity contribution >= 4 is 17.8 Å². The number of hydrogen-bond donors (Lipinski definition) is 0. The molecule has 0 bridgehead atoms. The van der Waals surface area contributed by atoms with E-state index in [1.807, 2.05) is 6.08 Å². The zero-order chi connectivity index (χ0) is 27.9. The van der Waals surface area contributed by atoms with Crippen LogP contribution in [0.2, 0.25) is 0 Å². The molecular formula is C29H23F5N4O2. The largest absolute Gasteiger partial charge is 0.493 e. The third-order valence-electron chi connectivity index (χ3n) is 6.90. The van der Waals surface area contributed by atoms with E-state index >= 15 is 0 Å². The van der Waals surface area contributed by atoms with E-state index in [-0.39, 0.29) is 34.4 Å². The van der Waals surface area contributed by atoms with Gasteiger partial charge in [-0.3, -0.25) is 4.99 Å². The second-order valence-corrected chi connectivity index (χ2v) is 9.97. The van der Waals surface area contributed by atoms with E-state index in [0.717, 1.165) is 25.0 Å². The summed E-state index contributed by atoms with van der Waals surface area (Å²) in [6.45, 7) is 0.408. The van der Waals surface area contributed by atoms with Crippen molar-refractivity contribution in [2.24, 2.45) is 20.9 Å². The highest BCUT2D eigenvalue weighted by molar-refractivity contribution is 6.43. The van der Waals surface area contributed by atoms with Crippen molar-refractivity contribution in [2.75, 3.05) is 6.61 Å². The topological polar surface area (TPSA) is 72.3 Å². The molecule has 2 aliphatic heterocycles. The van der Waals surface area contributed by atoms with E-state index in [1.165, 1.54) is 36.5 Å². The van der Waals surface area contributed by atoms with E-state index in [9.17, 15) is 22.0 Å². The van der Waals surface area contributed by atoms with Gasteiger partial charge in [0.05, 0.1) is 29.5 Å². The average Bonchev–Trinajstić information content (AvgIpc) is 3.50. The van der Waals surface area contributed by atoms with Crippen LogP contribution in [-0.2, 0) is 12.6 Å². The van der Waals surface area contributed by atoms with Crippen LogP contribution in [0, 0.1) is 17.6 Å². The minimum Gasteiger partial charge on any atom is -0.493 e. The predicted octanol–water partition coefficient (Wildman–Crippen LogP) is 6.99. The monoisotopic (exact) mass is 554 g/mol. The lowest BCUT2D eigenvalue weighted by Crippen LogP contribution is -2.13. The van der Waals surface area contributed by atoms with Gasteiger partial charge in [-0.2, -0.15) is 13.2 Å². The molecule has 2 aromatic carbocycles. The second kappa shape index (κ2) is 10.4. The van der Waals surface area contributed by atoms with Gasteiger partial charge in [-0.25, -0.2) is 18.8 Å². The summed E-state index contributed by atoms with van der Waals surface area (Å²) in [4.78, 5) is 13.2. The summed E-state index contributed by atoms with van der Waals surface area (Å²) >= 11 is 0. The van der Waals surface area contributed by atoms with Gasteiger partial charge in [0.15, 0.2) is 17.5 Å². The number of fused-ring (bicyclic) bond motifs is 1. The molecule has 1 unspecified atom stereocenters. The highest BCUT2D eigenvalue weighted by Gasteiger charge is 2.35. The number of halogens is 5. The van der Waals surface area contributed by atoms with Crippen LogP contribution in [0.4, 0.5) is 22.0 Å². The quantitative estimate of drug-likeness (QED) is 0.296. The number of hydrogen-bond acceptors (Lipinski definition) is 6. The predicted molar refractivity (Wildman–Crippen MR) is 139 cm³/mol. The zero-order valence-electron chi connectivity index (χ0n) is 21.1. The fraction of sp³-hybridized carbons (Fsp3) is 0.310. The van der Waals surface area contributed by atoms with Gasteiger partial charge in [-0.1, -0.05) is 17.3 Å². The molecule has 11 heteroatoms. The van der Waals surface area contributed by atoms with Crippen LogP contribution in [0.5, 0.6) is 5.75 Å². The lowest BCUT2D eigenvalue weighted by atomic mass is 10.0. The Morgan fingerprint density at radius 2 is 1.82 bits per heavy atom. The smallest absolute Gasteiger partial charge is 0.417 e. The van der Waals surface area contributed by atoms with Crippen LogP contribution in [0.15, 0.2) is 73.7 Å². The Morgan fingerprint density at radius 3 is 2.62 bits per heavy atom. The summed E-state index contributed by atoms with van der Waals surface area (Å²) in [6, 6.07) is 8.90. The first kappa shape index (κ1) is 26.1. The molecule has 1 fully saturated rings. The average molecular weight is 555 g/mol. The number of allylic oxidation sites excluding steroid dienone is 2. The number of nitrogens with zero attached hydrogens (tertiary/aromatic N) is 4. The van der Waals surface area contributed by atoms with Gasteiger partial charge in [0.1, 0.15) is 22.9 Å². The molecule has 0 N–H and O–H groups in total. The Bertz CT molecular complexity index is 1570. The van der Waals surface area contributed by atoms with E-state index in [4.69, 9.17) is 9.26 Å². The minimum atomic E-state index is -4.60. The molecule has 6 nitrogen and oxygen atoms in total. The summed E-state index contributed by atoms with van der Waals surface area (Å²) in [7, 11) is 0. The van der Waals surface area contributed by atoms with E-state index in [2.05, 4.69) is 20.1 Å². The highest BCUT2D eigenvalue weighted by Crippen LogP contribution is 2.40. The van der Waals surface area contributed by atoms with Gasteiger partial charge in [0.2, 0.25) is 0 Å². The molecule has 206 valence electrons. The highest BCUT2D eigenvalue weighted by atomic mass is 19.4. The van der Waals surface area contributed by atoms with Gasteiger partial charge in [0, 0.05) is 24.3 Å². The van der Waals surface area contributed by atoms with Crippen molar-refractivity contribution in [1.82, 2.24) is 5.16 Å². The molecule has 3 aromatic rings. The molecule has 6 rings (SSSR count). The lowest BCUT2D eigenvalue weighted by molar-refractivity contribution is -0.137. The zero-order valence-corrected chi connectivity index (χ0v) is 21.1. The third kappa shape index (κ3) is 5.59. The van der Waals surface area contributed by atoms with Gasteiger partial charge in [-0.05, 0) is 61.9 Å². The van der Waals surface area contributed by atoms with Crippen molar-refractivity contribution in [3.63, 3.8) is 0 Å². The molecule has 0 amide bonds. The van der Waals surface area contributed by atoms with Crippen LogP contribution in [0.1, 0.15) is 42.6 Å². The van der Waals surface area contributed by atoms with E-state index in [1.54, 1.807) is 0 Å². The van der Waals surface area contributed by atoms with Crippen molar-refractivity contribution < 1.29 is 31.2 Å². The number of aromatic nitrogens is 1. The standard InChI is InChI=1S/C29H23F5N4O2/c30-23-5-2-4-21(27(23)31)28-36-24-6-1-3-17(35-14-26(24)37-28)11-19-13-25(38-40-19)20-10-9-18(39-15-16-7-8-16)12-22(20)29(32,33)34/h2,4-6,9-10,12-14,16-17H,1,3,7-8,11,15H2. The van der Waals surface area contributed by atoms with Gasteiger partial charge < -0.3 is 9.26 Å². The van der Waals surface area contributed by atoms with Gasteiger partial charge in [-0.15, -0.1) is 0 Å². The second-order valence-electron chi connectivity index (χ2n) is 9.97. The molecule has 1 saturated carbocycles. The Labute approximate surface area is 226 Å². The number of rotatable bonds is 7. The first-order valence-corrected chi connectivity index (χ1v) is 12.9. The summed E-state index contributed by atoms with van der Waals surface area (Å²) in [5.41, 5.74) is 0.0348. The Balaban J connectivity index is 1.18. The maximum absolute atomic E-state index is 14.2. The van der Waals surface area contributed by atoms with Crippen molar-refractivity contribution in [3.8, 4) is 17.0 Å². The van der Waals surface area contributed by atoms with Crippen LogP contribution in [0.3, 0.4) is 0 Å². The Hall–Kier alpha value is -4.15. The number of amidine groups is 1. The van der Waals surface area contributed by atoms with Gasteiger partial charge in [0.25, 0.3) is 0 Å². The molecule has 1 aliphatic carbocycles. The maximum atomic E-state index is 14.2. The molecule has 1 atom stereocenters. The fourth-order valence-electron chi connectivity index (χ4n) is 4.57. The van der Waals surface area contributed by atoms with E-state index in [0.29, 0.717) is 49.0 Å². The number of benzene rings is 2. The molecule has 0 radical (unpaired) electrons. The summed E-state index contributed by atoms with van der Waals surface area (Å²) in [5.74, 6) is -0.977. The molecule has 0 saturated heterocycles. The number of alkyl halides is 3. The van der Waals surface area contributed by atoms with Crippen LogP contribution < -0.4 is 4.74 Å². The van der Waals surface area contributed by atoms with Crippen LogP contribution >= 0.6 is 0 Å². The SMILES string of the molecule is Fc1cccc(C2=NC3=CCCC(Cc4cc(-c5ccc(OCC6CC6)cc5C(F)(F)F)no4)N=CC3=N2)c1F. The molecule has 0 spiro atoms. The van der Waals surface area contributed by atoms with Crippen molar-refractivity contribution in [2.45, 2.75) is 44.3 Å². The summed E-state index contributed by atoms with van der Waals surface area (Å²) < 4.78 is 80.5. The van der Waals surface area contributed by atoms with Gasteiger partial charge >= 0.3 is 6.18 Å². The van der Waals surface area contributed by atoms with Crippen LogP contribution in [0.25, 0.3) is 11.3 Å². The van der Waals surface area contributed by atoms with E-state index < -0.39 is 23.4 Å². The molecule has 40 heavy (non-hydrogen) atoms. The Kier molecular flexibility index (Phi) is 6.81. The third-order valence-corrected chi connectivity index (χ3v) is 6.90. The molecule has 1 aromatic heterocycles. The van der Waals surface area contributed by atoms with Crippen LogP contribution in [-0.4, -0.2) is 35.6 Å². The summed E-state index contributed by atoms with van der Waals surface area (Å²) in [6.07, 6.45) is 2.30. The number of aliphatic imine (C=N–C) groups is 3. The van der Waals surface area contributed by atoms with Crippen molar-refractivity contribution in [1.29, 1.82) is 0 Å². The normalized spacial score (nSPS) is 18.9. The lowest BCUT2D eigenvalue weighted by Gasteiger charge is -2.13. The minimum absolute atomic E-state index is 0.0416. The first-order chi connectivity index (χ1) is 19.2. The number of ether oxygens (including phenoxy) is 1. The first-order valence-electron chi connectivity index (χ1n) is 12.9. The fourth-order valence-corrected chi connectivity index (χ4v) is 4.57. The van der Waals surface area contributed by atoms with Crippen molar-refractivity contribution in [3.05, 3.63) is 82.8 Å². The summed E-state index contributed by atoms with van der Waals surface area (Å²) in [5, 5.41) is 3.91. The Morgan fingerprint density at radius 1 is 0.975 bits per heavy atom. The molecule has 3 aliphatic rings. The maximum Gasteiger partial charge on any atom is 0.417 e. The molecular weight excluding hydrogens is 531 g/mol.